The molecule has 32 heavy (non-hydrogen) atoms. The molecule has 0 aliphatic carbocycles. The van der Waals surface area contributed by atoms with Crippen molar-refractivity contribution in [3.8, 4) is 5.75 Å². The molecule has 2 aromatic rings. The molecule has 1 aromatic heterocycles. The molecule has 170 valence electrons. The van der Waals surface area contributed by atoms with E-state index >= 15 is 0 Å². The van der Waals surface area contributed by atoms with Crippen molar-refractivity contribution < 1.29 is 28.2 Å². The number of methoxy groups -OCH3 is 1. The molecular weight excluding hydrogens is 539 g/mol. The van der Waals surface area contributed by atoms with E-state index in [-0.39, 0.29) is 50.8 Å². The number of aliphatic hydroxyl groups is 1. The van der Waals surface area contributed by atoms with Crippen LogP contribution in [0.3, 0.4) is 0 Å². The molecule has 2 aliphatic heterocycles. The highest BCUT2D eigenvalue weighted by Gasteiger charge is 2.44. The Morgan fingerprint density at radius 3 is 2.72 bits per heavy atom. The summed E-state index contributed by atoms with van der Waals surface area (Å²) in [4.78, 5) is 40.7. The SMILES string of the molecule is CCN1C[C@H]2CC(O)c3c(C(=O)NCc4ccc(F)c(I)c4F)c(=O)c(OC)c(n32)C1=O. The lowest BCUT2D eigenvalue weighted by Crippen LogP contribution is -2.44. The number of nitrogens with one attached hydrogen (secondary N) is 1. The molecule has 2 N–H and O–H groups in total. The van der Waals surface area contributed by atoms with Crippen molar-refractivity contribution in [2.45, 2.75) is 32.0 Å². The largest absolute Gasteiger partial charge is 0.491 e. The van der Waals surface area contributed by atoms with Gasteiger partial charge in [-0.25, -0.2) is 8.78 Å². The minimum atomic E-state index is -1.13. The number of aliphatic hydroxyl groups excluding tert-OH is 1. The van der Waals surface area contributed by atoms with E-state index in [1.54, 1.807) is 4.90 Å². The molecule has 0 fully saturated rings. The number of nitrogens with zero attached hydrogens (tertiary/aromatic N) is 2. The number of rotatable bonds is 5. The topological polar surface area (TPSA) is 101 Å². The number of carbonyl (C=O) groups excluding carboxylic acids is 2. The van der Waals surface area contributed by atoms with Gasteiger partial charge >= 0.3 is 0 Å². The molecular formula is C21H20F2IN3O5. The first-order valence-electron chi connectivity index (χ1n) is 9.95. The van der Waals surface area contributed by atoms with E-state index < -0.39 is 35.0 Å². The second-order valence-corrected chi connectivity index (χ2v) is 8.69. The monoisotopic (exact) mass is 559 g/mol. The normalized spacial score (nSPS) is 19.2. The Labute approximate surface area is 195 Å². The van der Waals surface area contributed by atoms with Crippen LogP contribution in [0, 0.1) is 15.2 Å². The molecule has 8 nitrogen and oxygen atoms in total. The van der Waals surface area contributed by atoms with Crippen LogP contribution < -0.4 is 15.5 Å². The summed E-state index contributed by atoms with van der Waals surface area (Å²) in [5, 5.41) is 13.1. The fourth-order valence-electron chi connectivity index (χ4n) is 4.36. The van der Waals surface area contributed by atoms with E-state index in [2.05, 4.69) is 5.32 Å². The summed E-state index contributed by atoms with van der Waals surface area (Å²) in [6.45, 7) is 2.26. The van der Waals surface area contributed by atoms with Crippen LogP contribution in [0.5, 0.6) is 5.75 Å². The molecule has 1 unspecified atom stereocenters. The predicted octanol–water partition coefficient (Wildman–Crippen LogP) is 2.12. The maximum Gasteiger partial charge on any atom is 0.274 e. The molecule has 2 atom stereocenters. The van der Waals surface area contributed by atoms with E-state index in [0.29, 0.717) is 13.1 Å². The number of carbonyl (C=O) groups is 2. The Morgan fingerprint density at radius 2 is 2.06 bits per heavy atom. The number of halogens is 3. The van der Waals surface area contributed by atoms with Gasteiger partial charge in [0.2, 0.25) is 5.43 Å². The van der Waals surface area contributed by atoms with Crippen LogP contribution in [-0.4, -0.2) is 46.6 Å². The maximum atomic E-state index is 14.3. The van der Waals surface area contributed by atoms with Gasteiger partial charge in [-0.3, -0.25) is 14.4 Å². The number of hydrogen-bond acceptors (Lipinski definition) is 5. The summed E-state index contributed by atoms with van der Waals surface area (Å²) in [6.07, 6.45) is -0.903. The molecule has 0 bridgehead atoms. The third kappa shape index (κ3) is 3.38. The molecule has 0 spiro atoms. The van der Waals surface area contributed by atoms with Crippen LogP contribution in [-0.2, 0) is 6.54 Å². The highest BCUT2D eigenvalue weighted by Crippen LogP contribution is 2.42. The molecule has 0 saturated heterocycles. The molecule has 0 saturated carbocycles. The fourth-order valence-corrected chi connectivity index (χ4v) is 4.89. The maximum absolute atomic E-state index is 14.3. The number of hydrogen-bond donors (Lipinski definition) is 2. The highest BCUT2D eigenvalue weighted by atomic mass is 127. The van der Waals surface area contributed by atoms with Gasteiger partial charge in [0, 0.05) is 31.6 Å². The van der Waals surface area contributed by atoms with Crippen molar-refractivity contribution >= 4 is 34.4 Å². The minimum absolute atomic E-state index is 0.0119. The van der Waals surface area contributed by atoms with Gasteiger partial charge in [0.05, 0.1) is 28.5 Å². The lowest BCUT2D eigenvalue weighted by atomic mass is 10.1. The first-order valence-corrected chi connectivity index (χ1v) is 11.0. The van der Waals surface area contributed by atoms with Gasteiger partial charge in [-0.15, -0.1) is 0 Å². The van der Waals surface area contributed by atoms with Gasteiger partial charge in [0.15, 0.2) is 11.4 Å². The van der Waals surface area contributed by atoms with E-state index in [0.717, 1.165) is 6.07 Å². The van der Waals surface area contributed by atoms with Crippen LogP contribution in [0.2, 0.25) is 0 Å². The van der Waals surface area contributed by atoms with Gasteiger partial charge < -0.3 is 24.6 Å². The first-order chi connectivity index (χ1) is 15.2. The molecule has 2 amide bonds. The predicted molar refractivity (Wildman–Crippen MR) is 118 cm³/mol. The average molecular weight is 559 g/mol. The summed E-state index contributed by atoms with van der Waals surface area (Å²) in [5.41, 5.74) is -1.08. The Balaban J connectivity index is 1.78. The van der Waals surface area contributed by atoms with Crippen molar-refractivity contribution in [3.63, 3.8) is 0 Å². The van der Waals surface area contributed by atoms with E-state index in [9.17, 15) is 28.3 Å². The van der Waals surface area contributed by atoms with Crippen molar-refractivity contribution in [2.75, 3.05) is 20.2 Å². The Hall–Kier alpha value is -2.54. The number of likely N-dealkylation sites (N-methyl/N-ethyl adjacent to an activating group) is 1. The molecule has 11 heteroatoms. The standard InChI is InChI=1S/C21H20F2IN3O5/c1-3-26-8-10-6-12(28)16-13(18(29)19(32-2)17(21(26)31)27(10)16)20(30)25-7-9-4-5-11(22)15(24)14(9)23/h4-5,10,12,28H,3,6-8H2,1-2H3,(H,25,30)/t10-,12?/m1/s1. The lowest BCUT2D eigenvalue weighted by Gasteiger charge is -2.34. The zero-order valence-corrected chi connectivity index (χ0v) is 19.4. The second-order valence-electron chi connectivity index (χ2n) is 7.61. The smallest absolute Gasteiger partial charge is 0.274 e. The number of pyridine rings is 1. The second kappa shape index (κ2) is 8.43. The summed E-state index contributed by atoms with van der Waals surface area (Å²) in [6, 6.07) is 1.97. The minimum Gasteiger partial charge on any atom is -0.491 e. The van der Waals surface area contributed by atoms with Crippen LogP contribution in [0.15, 0.2) is 16.9 Å². The number of aromatic nitrogens is 1. The van der Waals surface area contributed by atoms with Gasteiger partial charge in [-0.1, -0.05) is 6.07 Å². The quantitative estimate of drug-likeness (QED) is 0.432. The molecule has 1 aromatic carbocycles. The molecule has 3 heterocycles. The zero-order valence-electron chi connectivity index (χ0n) is 17.2. The number of amides is 2. The lowest BCUT2D eigenvalue weighted by molar-refractivity contribution is 0.0667. The van der Waals surface area contributed by atoms with E-state index in [4.69, 9.17) is 4.74 Å². The van der Waals surface area contributed by atoms with E-state index in [1.165, 1.54) is 40.3 Å². The van der Waals surface area contributed by atoms with Gasteiger partial charge in [0.25, 0.3) is 11.8 Å². The third-order valence-corrected chi connectivity index (χ3v) is 6.86. The van der Waals surface area contributed by atoms with Crippen molar-refractivity contribution in [1.82, 2.24) is 14.8 Å². The summed E-state index contributed by atoms with van der Waals surface area (Å²) < 4.78 is 34.3. The first kappa shape index (κ1) is 22.6. The molecule has 4 rings (SSSR count). The van der Waals surface area contributed by atoms with Gasteiger partial charge in [0.1, 0.15) is 17.2 Å². The van der Waals surface area contributed by atoms with Crippen LogP contribution in [0.25, 0.3) is 0 Å². The van der Waals surface area contributed by atoms with E-state index in [1.807, 2.05) is 6.92 Å². The van der Waals surface area contributed by atoms with Crippen LogP contribution in [0.4, 0.5) is 8.78 Å². The zero-order chi connectivity index (χ0) is 23.3. The van der Waals surface area contributed by atoms with Gasteiger partial charge in [-0.2, -0.15) is 0 Å². The van der Waals surface area contributed by atoms with Crippen molar-refractivity contribution in [1.29, 1.82) is 0 Å². The van der Waals surface area contributed by atoms with Crippen LogP contribution in [0.1, 0.15) is 57.6 Å². The van der Waals surface area contributed by atoms with Crippen molar-refractivity contribution in [3.05, 3.63) is 60.1 Å². The highest BCUT2D eigenvalue weighted by molar-refractivity contribution is 14.1. The average Bonchev–Trinajstić information content (AvgIpc) is 3.09. The third-order valence-electron chi connectivity index (χ3n) is 5.87. The van der Waals surface area contributed by atoms with Crippen LogP contribution >= 0.6 is 22.6 Å². The Bertz CT molecular complexity index is 1200. The van der Waals surface area contributed by atoms with Crippen molar-refractivity contribution in [2.24, 2.45) is 0 Å². The fraction of sp³-hybridized carbons (Fsp3) is 0.381. The molecule has 2 aliphatic rings. The summed E-state index contributed by atoms with van der Waals surface area (Å²) in [7, 11) is 1.23. The summed E-state index contributed by atoms with van der Waals surface area (Å²) in [5.74, 6) is -3.06. The molecule has 0 radical (unpaired) electrons. The summed E-state index contributed by atoms with van der Waals surface area (Å²) >= 11 is 1.53. The van der Waals surface area contributed by atoms with Gasteiger partial charge in [-0.05, 0) is 35.6 Å². The Morgan fingerprint density at radius 1 is 1.34 bits per heavy atom. The number of ether oxygens (including phenoxy) is 1. The number of benzene rings is 1. The Kier molecular flexibility index (Phi) is 5.96.